The Balaban J connectivity index is 1.58. The van der Waals surface area contributed by atoms with Crippen LogP contribution in [0.3, 0.4) is 0 Å². The van der Waals surface area contributed by atoms with Gasteiger partial charge in [0.05, 0.1) is 33.9 Å². The summed E-state index contributed by atoms with van der Waals surface area (Å²) in [4.78, 5) is 24.5. The molecule has 162 valence electrons. The number of carbonyl (C=O) groups excluding carboxylic acids is 2. The highest BCUT2D eigenvalue weighted by molar-refractivity contribution is 7.89. The monoisotopic (exact) mass is 461 g/mol. The summed E-state index contributed by atoms with van der Waals surface area (Å²) in [5.74, 6) is -1.32. The highest BCUT2D eigenvalue weighted by Gasteiger charge is 2.23. The van der Waals surface area contributed by atoms with Crippen LogP contribution in [0.15, 0.2) is 65.8 Å². The van der Waals surface area contributed by atoms with Crippen molar-refractivity contribution >= 4 is 33.4 Å². The molecular weight excluding hydrogens is 442 g/mol. The van der Waals surface area contributed by atoms with Crippen LogP contribution in [-0.2, 0) is 14.8 Å². The molecule has 0 atom stereocenters. The molecule has 0 spiro atoms. The van der Waals surface area contributed by atoms with Gasteiger partial charge >= 0.3 is 0 Å². The summed E-state index contributed by atoms with van der Waals surface area (Å²) in [6, 6.07) is 13.3. The summed E-state index contributed by atoms with van der Waals surface area (Å²) in [6.45, 7) is 1.36. The van der Waals surface area contributed by atoms with E-state index in [2.05, 4.69) is 16.0 Å². The van der Waals surface area contributed by atoms with Gasteiger partial charge in [-0.25, -0.2) is 13.1 Å². The van der Waals surface area contributed by atoms with Gasteiger partial charge < -0.3 is 0 Å². The van der Waals surface area contributed by atoms with E-state index >= 15 is 0 Å². The van der Waals surface area contributed by atoms with Crippen molar-refractivity contribution in [3.63, 3.8) is 0 Å². The first-order valence-electron chi connectivity index (χ1n) is 9.10. The maximum absolute atomic E-state index is 12.5. The van der Waals surface area contributed by atoms with Gasteiger partial charge in [-0.15, -0.1) is 0 Å². The van der Waals surface area contributed by atoms with E-state index in [1.165, 1.54) is 36.3 Å². The molecule has 0 aliphatic carbocycles. The van der Waals surface area contributed by atoms with Crippen LogP contribution in [0.1, 0.15) is 15.9 Å². The topological polar surface area (TPSA) is 113 Å². The van der Waals surface area contributed by atoms with Crippen molar-refractivity contribution in [2.75, 3.05) is 13.6 Å². The Morgan fingerprint density at radius 1 is 1.10 bits per heavy atom. The molecule has 0 aliphatic rings. The average molecular weight is 462 g/mol. The number of hydrogen-bond acceptors (Lipinski definition) is 5. The Morgan fingerprint density at radius 2 is 1.77 bits per heavy atom. The lowest BCUT2D eigenvalue weighted by Gasteiger charge is -2.17. The van der Waals surface area contributed by atoms with Gasteiger partial charge in [0.2, 0.25) is 10.0 Å². The number of aryl methyl sites for hydroxylation is 1. The van der Waals surface area contributed by atoms with Crippen LogP contribution in [0.4, 0.5) is 0 Å². The number of halogens is 1. The van der Waals surface area contributed by atoms with Crippen molar-refractivity contribution in [2.45, 2.75) is 11.8 Å². The first kappa shape index (κ1) is 22.5. The van der Waals surface area contributed by atoms with Crippen LogP contribution in [0.25, 0.3) is 5.69 Å². The minimum absolute atomic E-state index is 0.0735. The van der Waals surface area contributed by atoms with Crippen LogP contribution in [0.2, 0.25) is 5.02 Å². The van der Waals surface area contributed by atoms with Crippen LogP contribution in [0, 0.1) is 6.92 Å². The molecule has 0 unspecified atom stereocenters. The van der Waals surface area contributed by atoms with Crippen LogP contribution >= 0.6 is 11.6 Å². The van der Waals surface area contributed by atoms with Crippen LogP contribution in [-0.4, -0.2) is 47.9 Å². The summed E-state index contributed by atoms with van der Waals surface area (Å²) in [5, 5.41) is 4.55. The third kappa shape index (κ3) is 5.29. The summed E-state index contributed by atoms with van der Waals surface area (Å²) < 4.78 is 27.4. The number of rotatable bonds is 6. The van der Waals surface area contributed by atoms with Crippen LogP contribution < -0.4 is 10.9 Å². The van der Waals surface area contributed by atoms with Crippen molar-refractivity contribution in [1.82, 2.24) is 24.9 Å². The summed E-state index contributed by atoms with van der Waals surface area (Å²) in [7, 11) is -2.56. The number of nitrogens with zero attached hydrogens (tertiary/aromatic N) is 3. The predicted octanol–water partition coefficient (Wildman–Crippen LogP) is 1.92. The van der Waals surface area contributed by atoms with E-state index in [1.54, 1.807) is 36.4 Å². The lowest BCUT2D eigenvalue weighted by molar-refractivity contribution is -0.121. The maximum Gasteiger partial charge on any atom is 0.272 e. The van der Waals surface area contributed by atoms with E-state index in [0.29, 0.717) is 10.7 Å². The van der Waals surface area contributed by atoms with Crippen molar-refractivity contribution in [2.24, 2.45) is 0 Å². The lowest BCUT2D eigenvalue weighted by atomic mass is 10.2. The second-order valence-electron chi connectivity index (χ2n) is 6.70. The Bertz CT molecular complexity index is 1210. The van der Waals surface area contributed by atoms with E-state index in [9.17, 15) is 18.0 Å². The van der Waals surface area contributed by atoms with Gasteiger partial charge in [0.25, 0.3) is 11.8 Å². The number of para-hydroxylation sites is 1. The number of hydrogen-bond donors (Lipinski definition) is 2. The molecule has 0 bridgehead atoms. The Kier molecular flexibility index (Phi) is 6.74. The fourth-order valence-corrected chi connectivity index (χ4v) is 3.97. The number of likely N-dealkylation sites (N-methyl/N-ethyl adjacent to an activating group) is 1. The second kappa shape index (κ2) is 9.29. The van der Waals surface area contributed by atoms with E-state index in [-0.39, 0.29) is 10.5 Å². The summed E-state index contributed by atoms with van der Waals surface area (Å²) >= 11 is 6.12. The number of benzene rings is 2. The van der Waals surface area contributed by atoms with Gasteiger partial charge in [0, 0.05) is 13.2 Å². The molecular formula is C20H20ClN5O4S. The zero-order valence-electron chi connectivity index (χ0n) is 16.7. The smallest absolute Gasteiger partial charge is 0.272 e. The first-order chi connectivity index (χ1) is 14.7. The quantitative estimate of drug-likeness (QED) is 0.544. The van der Waals surface area contributed by atoms with Gasteiger partial charge in [-0.2, -0.15) is 9.40 Å². The van der Waals surface area contributed by atoms with E-state index in [0.717, 1.165) is 9.87 Å². The van der Waals surface area contributed by atoms with Gasteiger partial charge in [-0.1, -0.05) is 41.4 Å². The van der Waals surface area contributed by atoms with Crippen molar-refractivity contribution in [3.05, 3.63) is 77.1 Å². The van der Waals surface area contributed by atoms with Crippen LogP contribution in [0.5, 0.6) is 0 Å². The fraction of sp³-hybridized carbons (Fsp3) is 0.150. The van der Waals surface area contributed by atoms with E-state index in [1.807, 2.05) is 6.92 Å². The highest BCUT2D eigenvalue weighted by atomic mass is 35.5. The average Bonchev–Trinajstić information content (AvgIpc) is 3.22. The molecule has 2 aromatic carbocycles. The number of sulfonamides is 1. The molecule has 3 rings (SSSR count). The molecule has 0 fully saturated rings. The molecule has 0 saturated heterocycles. The third-order valence-electron chi connectivity index (χ3n) is 4.35. The molecule has 3 aromatic rings. The fourth-order valence-electron chi connectivity index (χ4n) is 2.62. The third-order valence-corrected chi connectivity index (χ3v) is 6.49. The molecule has 1 heterocycles. The molecule has 9 nitrogen and oxygen atoms in total. The van der Waals surface area contributed by atoms with Crippen molar-refractivity contribution < 1.29 is 18.0 Å². The number of aromatic nitrogens is 2. The molecule has 0 saturated carbocycles. The van der Waals surface area contributed by atoms with Gasteiger partial charge in [0.15, 0.2) is 0 Å². The van der Waals surface area contributed by atoms with E-state index < -0.39 is 28.4 Å². The highest BCUT2D eigenvalue weighted by Crippen LogP contribution is 2.19. The molecule has 2 N–H and O–H groups in total. The van der Waals surface area contributed by atoms with Gasteiger partial charge in [0.1, 0.15) is 0 Å². The number of nitrogens with one attached hydrogen (secondary N) is 2. The number of amides is 2. The first-order valence-corrected chi connectivity index (χ1v) is 10.9. The second-order valence-corrected chi connectivity index (χ2v) is 9.15. The Hall–Kier alpha value is -3.21. The molecule has 31 heavy (non-hydrogen) atoms. The van der Waals surface area contributed by atoms with Crippen molar-refractivity contribution in [3.8, 4) is 5.69 Å². The SMILES string of the molecule is Cc1ccc(S(=O)(=O)N(C)CC(=O)NNC(=O)c2cnn(-c3ccccc3Cl)c2)cc1. The molecule has 11 heteroatoms. The summed E-state index contributed by atoms with van der Waals surface area (Å²) in [5.41, 5.74) is 6.12. The zero-order chi connectivity index (χ0) is 22.6. The normalized spacial score (nSPS) is 11.4. The predicted molar refractivity (Wildman–Crippen MR) is 115 cm³/mol. The minimum Gasteiger partial charge on any atom is -0.272 e. The zero-order valence-corrected chi connectivity index (χ0v) is 18.3. The minimum atomic E-state index is -3.84. The number of carbonyl (C=O) groups is 2. The van der Waals surface area contributed by atoms with Gasteiger partial charge in [-0.05, 0) is 31.2 Å². The largest absolute Gasteiger partial charge is 0.272 e. The molecule has 2 amide bonds. The Morgan fingerprint density at radius 3 is 2.45 bits per heavy atom. The summed E-state index contributed by atoms with van der Waals surface area (Å²) in [6.07, 6.45) is 2.77. The molecule has 1 aromatic heterocycles. The van der Waals surface area contributed by atoms with Crippen molar-refractivity contribution in [1.29, 1.82) is 0 Å². The lowest BCUT2D eigenvalue weighted by Crippen LogP contribution is -2.46. The molecule has 0 radical (unpaired) electrons. The molecule has 0 aliphatic heterocycles. The standard InChI is InChI=1S/C20H20ClN5O4S/c1-14-7-9-16(10-8-14)31(29,30)25(2)13-19(27)23-24-20(28)15-11-22-26(12-15)18-6-4-3-5-17(18)21/h3-12H,13H2,1-2H3,(H,23,27)(H,24,28). The Labute approximate surface area is 184 Å². The number of hydrazine groups is 1. The maximum atomic E-state index is 12.5. The van der Waals surface area contributed by atoms with Gasteiger partial charge in [-0.3, -0.25) is 20.4 Å². The van der Waals surface area contributed by atoms with E-state index in [4.69, 9.17) is 11.6 Å².